The molecule has 0 spiro atoms. The van der Waals surface area contributed by atoms with E-state index >= 15 is 0 Å². The van der Waals surface area contributed by atoms with Gasteiger partial charge >= 0.3 is 0 Å². The molecule has 156 valence electrons. The average molecular weight is 418 g/mol. The van der Waals surface area contributed by atoms with Crippen molar-refractivity contribution in [2.75, 3.05) is 15.9 Å². The molecule has 0 aromatic heterocycles. The fraction of sp³-hybridized carbons (Fsp3) is 0.333. The number of nitrogens with zero attached hydrogens (tertiary/aromatic N) is 1. The Bertz CT molecular complexity index is 959. The van der Waals surface area contributed by atoms with Crippen molar-refractivity contribution in [1.29, 1.82) is 0 Å². The molecule has 0 aliphatic carbocycles. The summed E-state index contributed by atoms with van der Waals surface area (Å²) in [4.78, 5) is 25.5. The first-order valence-corrected chi connectivity index (χ1v) is 11.2. The lowest BCUT2D eigenvalue weighted by Gasteiger charge is -2.30. The Labute approximate surface area is 172 Å². The molecule has 2 amide bonds. The van der Waals surface area contributed by atoms with E-state index in [1.807, 2.05) is 13.8 Å². The predicted octanol–water partition coefficient (Wildman–Crippen LogP) is 3.01. The summed E-state index contributed by atoms with van der Waals surface area (Å²) in [6.45, 7) is 5.43. The maximum atomic E-state index is 13.1. The van der Waals surface area contributed by atoms with Crippen molar-refractivity contribution >= 4 is 33.2 Å². The summed E-state index contributed by atoms with van der Waals surface area (Å²) in [5.74, 6) is -0.821. The van der Waals surface area contributed by atoms with Crippen molar-refractivity contribution in [2.24, 2.45) is 0 Å². The molecule has 7 nitrogen and oxygen atoms in total. The molecule has 0 aliphatic rings. The summed E-state index contributed by atoms with van der Waals surface area (Å²) in [5.41, 5.74) is 1.05. The predicted molar refractivity (Wildman–Crippen MR) is 116 cm³/mol. The Hall–Kier alpha value is -2.87. The van der Waals surface area contributed by atoms with Crippen molar-refractivity contribution < 1.29 is 18.0 Å². The highest BCUT2D eigenvalue weighted by atomic mass is 32.2. The van der Waals surface area contributed by atoms with Crippen molar-refractivity contribution in [3.63, 3.8) is 0 Å². The van der Waals surface area contributed by atoms with Gasteiger partial charge in [-0.25, -0.2) is 8.42 Å². The molecular formula is C21H27N3O4S. The zero-order valence-electron chi connectivity index (χ0n) is 17.0. The van der Waals surface area contributed by atoms with Crippen LogP contribution in [-0.4, -0.2) is 38.6 Å². The summed E-state index contributed by atoms with van der Waals surface area (Å²) in [6.07, 6.45) is 1.33. The van der Waals surface area contributed by atoms with E-state index < -0.39 is 22.0 Å². The first-order valence-electron chi connectivity index (χ1n) is 9.40. The lowest BCUT2D eigenvalue weighted by molar-refractivity contribution is -0.117. The molecule has 29 heavy (non-hydrogen) atoms. The Morgan fingerprint density at radius 1 is 1.00 bits per heavy atom. The number of carbonyl (C=O) groups excluding carboxylic acids is 2. The van der Waals surface area contributed by atoms with Gasteiger partial charge in [-0.3, -0.25) is 13.9 Å². The number of para-hydroxylation sites is 2. The lowest BCUT2D eigenvalue weighted by atomic mass is 10.1. The van der Waals surface area contributed by atoms with Crippen LogP contribution in [0.4, 0.5) is 11.4 Å². The highest BCUT2D eigenvalue weighted by molar-refractivity contribution is 7.92. The summed E-state index contributed by atoms with van der Waals surface area (Å²) in [7, 11) is -3.72. The van der Waals surface area contributed by atoms with Gasteiger partial charge in [0.05, 0.1) is 23.2 Å². The molecule has 0 saturated heterocycles. The maximum absolute atomic E-state index is 13.1. The molecule has 0 heterocycles. The quantitative estimate of drug-likeness (QED) is 0.690. The Morgan fingerprint density at radius 2 is 1.59 bits per heavy atom. The monoisotopic (exact) mass is 417 g/mol. The number of hydrogen-bond acceptors (Lipinski definition) is 4. The zero-order chi connectivity index (χ0) is 21.6. The number of sulfonamides is 1. The van der Waals surface area contributed by atoms with Crippen LogP contribution in [0.5, 0.6) is 0 Å². The molecule has 1 atom stereocenters. The second-order valence-corrected chi connectivity index (χ2v) is 8.84. The zero-order valence-corrected chi connectivity index (χ0v) is 17.9. The maximum Gasteiger partial charge on any atom is 0.253 e. The van der Waals surface area contributed by atoms with E-state index in [0.717, 1.165) is 10.6 Å². The summed E-state index contributed by atoms with van der Waals surface area (Å²) >= 11 is 0. The van der Waals surface area contributed by atoms with E-state index in [1.54, 1.807) is 61.5 Å². The SMILES string of the molecule is CCC(C(=O)Nc1ccccc1C(=O)NC(C)C)N(c1ccccc1)S(C)(=O)=O. The first-order chi connectivity index (χ1) is 13.6. The molecule has 0 aliphatic heterocycles. The van der Waals surface area contributed by atoms with Crippen LogP contribution >= 0.6 is 0 Å². The molecule has 2 rings (SSSR count). The molecule has 0 bridgehead atoms. The molecule has 2 aromatic rings. The third-order valence-corrected chi connectivity index (χ3v) is 5.37. The van der Waals surface area contributed by atoms with E-state index in [1.165, 1.54) is 0 Å². The normalized spacial score (nSPS) is 12.3. The number of carbonyl (C=O) groups is 2. The average Bonchev–Trinajstić information content (AvgIpc) is 2.65. The van der Waals surface area contributed by atoms with Crippen molar-refractivity contribution in [1.82, 2.24) is 5.32 Å². The molecule has 2 N–H and O–H groups in total. The van der Waals surface area contributed by atoms with E-state index in [2.05, 4.69) is 10.6 Å². The molecule has 1 unspecified atom stereocenters. The van der Waals surface area contributed by atoms with Gasteiger partial charge in [-0.1, -0.05) is 37.3 Å². The minimum absolute atomic E-state index is 0.0616. The van der Waals surface area contributed by atoms with Gasteiger partial charge < -0.3 is 10.6 Å². The minimum atomic E-state index is -3.72. The van der Waals surface area contributed by atoms with Gasteiger partial charge in [-0.05, 0) is 44.5 Å². The van der Waals surface area contributed by atoms with E-state index in [4.69, 9.17) is 0 Å². The number of amides is 2. The van der Waals surface area contributed by atoms with E-state index in [9.17, 15) is 18.0 Å². The van der Waals surface area contributed by atoms with Gasteiger partial charge in [0, 0.05) is 6.04 Å². The van der Waals surface area contributed by atoms with Gasteiger partial charge in [-0.15, -0.1) is 0 Å². The highest BCUT2D eigenvalue weighted by Crippen LogP contribution is 2.24. The van der Waals surface area contributed by atoms with Crippen LogP contribution in [-0.2, 0) is 14.8 Å². The summed E-state index contributed by atoms with van der Waals surface area (Å²) in [5, 5.41) is 5.52. The number of nitrogens with one attached hydrogen (secondary N) is 2. The smallest absolute Gasteiger partial charge is 0.253 e. The van der Waals surface area contributed by atoms with Crippen LogP contribution < -0.4 is 14.9 Å². The Morgan fingerprint density at radius 3 is 2.14 bits per heavy atom. The van der Waals surface area contributed by atoms with Crippen LogP contribution in [0.3, 0.4) is 0 Å². The van der Waals surface area contributed by atoms with Gasteiger partial charge in [-0.2, -0.15) is 0 Å². The molecular weight excluding hydrogens is 390 g/mol. The minimum Gasteiger partial charge on any atom is -0.350 e. The molecule has 2 aromatic carbocycles. The largest absolute Gasteiger partial charge is 0.350 e. The van der Waals surface area contributed by atoms with Crippen LogP contribution in [0.25, 0.3) is 0 Å². The van der Waals surface area contributed by atoms with Crippen LogP contribution in [0.15, 0.2) is 54.6 Å². The molecule has 0 saturated carbocycles. The number of anilines is 2. The Kier molecular flexibility index (Phi) is 7.39. The summed E-state index contributed by atoms with van der Waals surface area (Å²) in [6, 6.07) is 14.1. The molecule has 0 fully saturated rings. The number of rotatable bonds is 8. The molecule has 8 heteroatoms. The van der Waals surface area contributed by atoms with Crippen LogP contribution in [0.1, 0.15) is 37.6 Å². The standard InChI is InChI=1S/C21H27N3O4S/c1-5-19(24(29(4,27)28)16-11-7-6-8-12-16)21(26)23-18-14-10-9-13-17(18)20(25)22-15(2)3/h6-15,19H,5H2,1-4H3,(H,22,25)(H,23,26). The Balaban J connectivity index is 2.36. The number of benzene rings is 2. The summed E-state index contributed by atoms with van der Waals surface area (Å²) < 4.78 is 26.0. The topological polar surface area (TPSA) is 95.6 Å². The van der Waals surface area contributed by atoms with Gasteiger partial charge in [0.1, 0.15) is 6.04 Å². The van der Waals surface area contributed by atoms with Crippen LogP contribution in [0, 0.1) is 0 Å². The van der Waals surface area contributed by atoms with Crippen molar-refractivity contribution in [3.8, 4) is 0 Å². The second kappa shape index (κ2) is 9.56. The third kappa shape index (κ3) is 5.80. The fourth-order valence-electron chi connectivity index (χ4n) is 2.98. The second-order valence-electron chi connectivity index (χ2n) is 6.98. The molecule has 0 radical (unpaired) electrons. The third-order valence-electron chi connectivity index (χ3n) is 4.19. The van der Waals surface area contributed by atoms with Gasteiger partial charge in [0.2, 0.25) is 15.9 Å². The van der Waals surface area contributed by atoms with E-state index in [0.29, 0.717) is 16.9 Å². The van der Waals surface area contributed by atoms with Crippen molar-refractivity contribution in [3.05, 3.63) is 60.2 Å². The fourth-order valence-corrected chi connectivity index (χ4v) is 4.19. The van der Waals surface area contributed by atoms with E-state index in [-0.39, 0.29) is 18.4 Å². The highest BCUT2D eigenvalue weighted by Gasteiger charge is 2.32. The number of hydrogen-bond donors (Lipinski definition) is 2. The lowest BCUT2D eigenvalue weighted by Crippen LogP contribution is -2.47. The first kappa shape index (κ1) is 22.4. The van der Waals surface area contributed by atoms with Crippen molar-refractivity contribution in [2.45, 2.75) is 39.3 Å². The van der Waals surface area contributed by atoms with Gasteiger partial charge in [0.25, 0.3) is 5.91 Å². The van der Waals surface area contributed by atoms with Gasteiger partial charge in [0.15, 0.2) is 0 Å². The van der Waals surface area contributed by atoms with Crippen LogP contribution in [0.2, 0.25) is 0 Å².